The number of carbonyl (C=O) groups excluding carboxylic acids is 2. The van der Waals surface area contributed by atoms with E-state index in [0.717, 1.165) is 5.56 Å². The van der Waals surface area contributed by atoms with Crippen molar-refractivity contribution >= 4 is 49.3 Å². The molecule has 1 aliphatic rings. The Bertz CT molecular complexity index is 1300. The summed E-state index contributed by atoms with van der Waals surface area (Å²) in [6, 6.07) is 15.7. The van der Waals surface area contributed by atoms with E-state index in [1.807, 2.05) is 19.9 Å². The Kier molecular flexibility index (Phi) is 10.4. The van der Waals surface area contributed by atoms with Crippen LogP contribution in [0.1, 0.15) is 37.8 Å². The quantitative estimate of drug-likeness (QED) is 0.274. The van der Waals surface area contributed by atoms with Gasteiger partial charge >= 0.3 is 5.97 Å². The first-order valence-corrected chi connectivity index (χ1v) is 15.2. The number of hydrogen-bond acceptors (Lipinski definition) is 7. The molecule has 2 aromatic carbocycles. The number of hydrogen-bond donors (Lipinski definition) is 3. The molecule has 1 heterocycles. The van der Waals surface area contributed by atoms with Gasteiger partial charge in [-0.25, -0.2) is 13.1 Å². The van der Waals surface area contributed by atoms with Gasteiger partial charge < -0.3 is 15.3 Å². The fourth-order valence-electron chi connectivity index (χ4n) is 4.31. The fraction of sp³-hybridized carbons (Fsp3) is 0.407. The van der Waals surface area contributed by atoms with E-state index in [4.69, 9.17) is 4.84 Å². The lowest BCUT2D eigenvalue weighted by molar-refractivity contribution is -0.147. The standard InChI is InChI=1S/C27H32BrN3O7S/c1-18(2)25(31-39(36,37)17-20-11-7-4-8-12-20)22-15-27(38-30-22,14-19-9-5-3-6-10-19)26(35)29-21(13-24(33)34)23(32)16-28/h3-12,18,21,25,31H,13-17H2,1-2H3,(H,29,35)(H,33,34)/t21-,25-,27?/m0/s1. The van der Waals surface area contributed by atoms with Gasteiger partial charge in [0.15, 0.2) is 5.78 Å². The van der Waals surface area contributed by atoms with E-state index in [1.54, 1.807) is 54.6 Å². The third kappa shape index (κ3) is 8.45. The predicted octanol–water partition coefficient (Wildman–Crippen LogP) is 2.81. The van der Waals surface area contributed by atoms with Gasteiger partial charge in [0.05, 0.1) is 35.3 Å². The van der Waals surface area contributed by atoms with E-state index in [-0.39, 0.29) is 29.8 Å². The van der Waals surface area contributed by atoms with Crippen molar-refractivity contribution in [3.05, 3.63) is 71.8 Å². The maximum atomic E-state index is 13.6. The maximum Gasteiger partial charge on any atom is 0.305 e. The molecule has 39 heavy (non-hydrogen) atoms. The predicted molar refractivity (Wildman–Crippen MR) is 150 cm³/mol. The highest BCUT2D eigenvalue weighted by atomic mass is 79.9. The molecule has 3 atom stereocenters. The minimum absolute atomic E-state index is 0.0628. The molecule has 1 unspecified atom stereocenters. The van der Waals surface area contributed by atoms with Crippen LogP contribution in [0.5, 0.6) is 0 Å². The SMILES string of the molecule is CC(C)[C@H](NS(=O)(=O)Cc1ccccc1)C1=NOC(Cc2ccccc2)(C(=O)N[C@@H](CC(=O)O)C(=O)CBr)C1. The Morgan fingerprint density at radius 1 is 1.05 bits per heavy atom. The number of nitrogens with one attached hydrogen (secondary N) is 2. The van der Waals surface area contributed by atoms with E-state index in [0.29, 0.717) is 11.3 Å². The highest BCUT2D eigenvalue weighted by molar-refractivity contribution is 9.09. The van der Waals surface area contributed by atoms with Crippen molar-refractivity contribution in [3.63, 3.8) is 0 Å². The number of nitrogens with zero attached hydrogens (tertiary/aromatic N) is 1. The number of oxime groups is 1. The van der Waals surface area contributed by atoms with E-state index < -0.39 is 51.8 Å². The average Bonchev–Trinajstić information content (AvgIpc) is 3.31. The zero-order valence-corrected chi connectivity index (χ0v) is 24.1. The lowest BCUT2D eigenvalue weighted by atomic mass is 9.85. The first-order chi connectivity index (χ1) is 18.4. The molecule has 0 radical (unpaired) electrons. The number of ketones is 1. The Balaban J connectivity index is 1.87. The molecule has 0 fully saturated rings. The number of Topliss-reactive ketones (excluding diaryl/α,β-unsaturated/α-hetero) is 1. The summed E-state index contributed by atoms with van der Waals surface area (Å²) in [6.07, 6.45) is -0.595. The van der Waals surface area contributed by atoms with Crippen LogP contribution in [-0.4, -0.2) is 59.9 Å². The molecule has 1 amide bonds. The summed E-state index contributed by atoms with van der Waals surface area (Å²) in [6.45, 7) is 3.65. The number of rotatable bonds is 14. The van der Waals surface area contributed by atoms with Crippen LogP contribution in [0.15, 0.2) is 65.8 Å². The minimum Gasteiger partial charge on any atom is -0.481 e. The summed E-state index contributed by atoms with van der Waals surface area (Å²) in [5.74, 6) is -2.92. The van der Waals surface area contributed by atoms with Crippen molar-refractivity contribution < 1.29 is 32.7 Å². The van der Waals surface area contributed by atoms with Gasteiger partial charge in [-0.15, -0.1) is 0 Å². The molecule has 0 bridgehead atoms. The molecule has 3 rings (SSSR count). The van der Waals surface area contributed by atoms with Crippen LogP contribution in [0.3, 0.4) is 0 Å². The monoisotopic (exact) mass is 621 g/mol. The maximum absolute atomic E-state index is 13.6. The molecule has 1 aliphatic heterocycles. The number of carbonyl (C=O) groups is 3. The second kappa shape index (κ2) is 13.3. The topological polar surface area (TPSA) is 151 Å². The van der Waals surface area contributed by atoms with Gasteiger partial charge in [0.2, 0.25) is 15.6 Å². The zero-order valence-electron chi connectivity index (χ0n) is 21.7. The Labute approximate surface area is 236 Å². The first kappa shape index (κ1) is 30.5. The zero-order chi connectivity index (χ0) is 28.6. The summed E-state index contributed by atoms with van der Waals surface area (Å²) >= 11 is 3.03. The summed E-state index contributed by atoms with van der Waals surface area (Å²) in [4.78, 5) is 43.1. The van der Waals surface area contributed by atoms with Gasteiger partial charge in [-0.3, -0.25) is 14.4 Å². The number of carboxylic acid groups (broad SMARTS) is 1. The van der Waals surface area contributed by atoms with Crippen LogP contribution in [0, 0.1) is 5.92 Å². The molecule has 210 valence electrons. The van der Waals surface area contributed by atoms with Crippen LogP contribution in [0.2, 0.25) is 0 Å². The largest absolute Gasteiger partial charge is 0.481 e. The van der Waals surface area contributed by atoms with E-state index in [1.165, 1.54) is 0 Å². The summed E-state index contributed by atoms with van der Waals surface area (Å²) in [7, 11) is -3.78. The molecule has 0 saturated heterocycles. The van der Waals surface area contributed by atoms with Gasteiger partial charge in [0, 0.05) is 12.8 Å². The molecule has 0 saturated carbocycles. The van der Waals surface area contributed by atoms with Crippen molar-refractivity contribution in [1.29, 1.82) is 0 Å². The van der Waals surface area contributed by atoms with Crippen molar-refractivity contribution in [2.24, 2.45) is 11.1 Å². The van der Waals surface area contributed by atoms with E-state index in [9.17, 15) is 27.9 Å². The smallest absolute Gasteiger partial charge is 0.305 e. The Morgan fingerprint density at radius 3 is 2.18 bits per heavy atom. The number of benzene rings is 2. The van der Waals surface area contributed by atoms with Gasteiger partial charge in [-0.2, -0.15) is 0 Å². The molecule has 2 aromatic rings. The van der Waals surface area contributed by atoms with Crippen molar-refractivity contribution in [2.75, 3.05) is 5.33 Å². The lowest BCUT2D eigenvalue weighted by Crippen LogP contribution is -2.55. The van der Waals surface area contributed by atoms with Crippen LogP contribution in [0.25, 0.3) is 0 Å². The van der Waals surface area contributed by atoms with Crippen molar-refractivity contribution in [1.82, 2.24) is 10.0 Å². The van der Waals surface area contributed by atoms with Crippen molar-refractivity contribution in [3.8, 4) is 0 Å². The van der Waals surface area contributed by atoms with Crippen LogP contribution in [0.4, 0.5) is 0 Å². The lowest BCUT2D eigenvalue weighted by Gasteiger charge is -2.28. The minimum atomic E-state index is -3.78. The second-order valence-electron chi connectivity index (χ2n) is 9.82. The Hall–Kier alpha value is -3.09. The van der Waals surface area contributed by atoms with Gasteiger partial charge in [0.25, 0.3) is 5.91 Å². The molecule has 0 aromatic heterocycles. The average molecular weight is 623 g/mol. The van der Waals surface area contributed by atoms with Crippen LogP contribution in [-0.2, 0) is 41.4 Å². The first-order valence-electron chi connectivity index (χ1n) is 12.4. The highest BCUT2D eigenvalue weighted by Crippen LogP contribution is 2.32. The Morgan fingerprint density at radius 2 is 1.64 bits per heavy atom. The molecule has 0 aliphatic carbocycles. The normalized spacial score (nSPS) is 18.6. The number of sulfonamides is 1. The van der Waals surface area contributed by atoms with Gasteiger partial charge in [-0.05, 0) is 17.0 Å². The molecule has 12 heteroatoms. The van der Waals surface area contributed by atoms with Gasteiger partial charge in [-0.1, -0.05) is 95.6 Å². The van der Waals surface area contributed by atoms with E-state index >= 15 is 0 Å². The summed E-state index contributed by atoms with van der Waals surface area (Å²) in [5, 5.41) is 15.8. The number of alkyl halides is 1. The van der Waals surface area contributed by atoms with Crippen LogP contribution < -0.4 is 10.0 Å². The number of carboxylic acids is 1. The molecule has 3 N–H and O–H groups in total. The molecular weight excluding hydrogens is 590 g/mol. The molecular formula is C27H32BrN3O7S. The summed E-state index contributed by atoms with van der Waals surface area (Å²) < 4.78 is 28.8. The number of amides is 1. The number of halogens is 1. The third-order valence-corrected chi connectivity index (χ3v) is 8.17. The second-order valence-corrected chi connectivity index (χ2v) is 12.1. The van der Waals surface area contributed by atoms with Gasteiger partial charge in [0.1, 0.15) is 0 Å². The van der Waals surface area contributed by atoms with Crippen LogP contribution >= 0.6 is 15.9 Å². The molecule has 0 spiro atoms. The fourth-order valence-corrected chi connectivity index (χ4v) is 6.21. The summed E-state index contributed by atoms with van der Waals surface area (Å²) in [5.41, 5.74) is 0.0829. The highest BCUT2D eigenvalue weighted by Gasteiger charge is 2.49. The third-order valence-electron chi connectivity index (χ3n) is 6.29. The molecule has 10 nitrogen and oxygen atoms in total. The van der Waals surface area contributed by atoms with E-state index in [2.05, 4.69) is 31.1 Å². The number of aliphatic carboxylic acids is 1. The van der Waals surface area contributed by atoms with Crippen molar-refractivity contribution in [2.45, 2.75) is 56.5 Å².